The summed E-state index contributed by atoms with van der Waals surface area (Å²) in [6, 6.07) is 0. The summed E-state index contributed by atoms with van der Waals surface area (Å²) in [5.41, 5.74) is 0. The number of hydrogen-bond acceptors (Lipinski definition) is 2. The van der Waals surface area contributed by atoms with Gasteiger partial charge in [-0.25, -0.2) is 0 Å². The summed E-state index contributed by atoms with van der Waals surface area (Å²) >= 11 is 0. The molecule has 0 saturated heterocycles. The highest BCUT2D eigenvalue weighted by Crippen LogP contribution is 1.97. The Morgan fingerprint density at radius 1 is 1.30 bits per heavy atom. The van der Waals surface area contributed by atoms with E-state index < -0.39 is 0 Å². The first-order valence-corrected chi connectivity index (χ1v) is 3.97. The Bertz CT molecular complexity index is 44.5. The summed E-state index contributed by atoms with van der Waals surface area (Å²) < 4.78 is 0. The molecule has 0 aromatic heterocycles. The van der Waals surface area contributed by atoms with Gasteiger partial charge in [-0.05, 0) is 20.3 Å². The maximum absolute atomic E-state index is 8.68. The van der Waals surface area contributed by atoms with Gasteiger partial charge in [0.25, 0.3) is 0 Å². The number of unbranched alkanes of at least 4 members (excludes halogenated alkanes) is 1. The molecule has 1 atom stereocenters. The number of aliphatic hydroxyl groups excluding tert-OH is 2. The molecule has 2 N–H and O–H groups in total. The van der Waals surface area contributed by atoms with Crippen molar-refractivity contribution in [2.45, 2.75) is 46.1 Å². The van der Waals surface area contributed by atoms with E-state index >= 15 is 0 Å². The van der Waals surface area contributed by atoms with Gasteiger partial charge in [-0.15, -0.1) is 0 Å². The second-order valence-corrected chi connectivity index (χ2v) is 2.31. The van der Waals surface area contributed by atoms with Crippen molar-refractivity contribution in [1.29, 1.82) is 0 Å². The summed E-state index contributed by atoms with van der Waals surface area (Å²) in [7, 11) is 0. The standard InChI is InChI=1S/C6H14O.C2H6O/c1-3-4-5-6(2)7;1-2-3/h6-7H,3-5H2,1-2H3;3H,2H2,1H3. The van der Waals surface area contributed by atoms with E-state index in [1.54, 1.807) is 6.92 Å². The molecule has 2 heteroatoms. The molecule has 0 aromatic carbocycles. The van der Waals surface area contributed by atoms with Gasteiger partial charge in [-0.2, -0.15) is 0 Å². The average Bonchev–Trinajstić information content (AvgIpc) is 1.85. The summed E-state index contributed by atoms with van der Waals surface area (Å²) in [5.74, 6) is 0. The highest BCUT2D eigenvalue weighted by atomic mass is 16.3. The Kier molecular flexibility index (Phi) is 14.7. The van der Waals surface area contributed by atoms with E-state index in [-0.39, 0.29) is 12.7 Å². The smallest absolute Gasteiger partial charge is 0.0512 e. The predicted molar refractivity (Wildman–Crippen MR) is 44.0 cm³/mol. The van der Waals surface area contributed by atoms with Gasteiger partial charge in [0.05, 0.1) is 6.10 Å². The maximum atomic E-state index is 8.68. The summed E-state index contributed by atoms with van der Waals surface area (Å²) in [4.78, 5) is 0. The third kappa shape index (κ3) is 24.7. The van der Waals surface area contributed by atoms with Gasteiger partial charge in [0.1, 0.15) is 0 Å². The molecule has 0 heterocycles. The van der Waals surface area contributed by atoms with E-state index in [0.717, 1.165) is 12.8 Å². The predicted octanol–water partition coefficient (Wildman–Crippen LogP) is 1.56. The molecule has 0 amide bonds. The molecule has 64 valence electrons. The Hall–Kier alpha value is -0.0800. The van der Waals surface area contributed by atoms with Crippen LogP contribution in [-0.4, -0.2) is 22.9 Å². The van der Waals surface area contributed by atoms with E-state index in [2.05, 4.69) is 6.92 Å². The van der Waals surface area contributed by atoms with E-state index in [1.165, 1.54) is 6.42 Å². The molecule has 0 bridgehead atoms. The fourth-order valence-corrected chi connectivity index (χ4v) is 0.500. The van der Waals surface area contributed by atoms with Crippen molar-refractivity contribution >= 4 is 0 Å². The van der Waals surface area contributed by atoms with Crippen molar-refractivity contribution in [1.82, 2.24) is 0 Å². The van der Waals surface area contributed by atoms with E-state index in [1.807, 2.05) is 6.92 Å². The molecular weight excluding hydrogens is 128 g/mol. The normalized spacial score (nSPS) is 11.7. The van der Waals surface area contributed by atoms with Crippen LogP contribution < -0.4 is 0 Å². The topological polar surface area (TPSA) is 40.5 Å². The molecule has 0 spiro atoms. The zero-order chi connectivity index (χ0) is 8.41. The van der Waals surface area contributed by atoms with E-state index in [0.29, 0.717) is 0 Å². The van der Waals surface area contributed by atoms with Crippen molar-refractivity contribution in [2.24, 2.45) is 0 Å². The molecule has 10 heavy (non-hydrogen) atoms. The highest BCUT2D eigenvalue weighted by molar-refractivity contribution is 4.43. The van der Waals surface area contributed by atoms with Crippen LogP contribution in [-0.2, 0) is 0 Å². The Morgan fingerprint density at radius 2 is 1.70 bits per heavy atom. The van der Waals surface area contributed by atoms with Crippen LogP contribution >= 0.6 is 0 Å². The largest absolute Gasteiger partial charge is 0.397 e. The lowest BCUT2D eigenvalue weighted by Crippen LogP contribution is -1.97. The number of aliphatic hydroxyl groups is 2. The maximum Gasteiger partial charge on any atom is 0.0512 e. The van der Waals surface area contributed by atoms with Gasteiger partial charge in [-0.3, -0.25) is 0 Å². The second-order valence-electron chi connectivity index (χ2n) is 2.31. The van der Waals surface area contributed by atoms with Crippen LogP contribution in [0.2, 0.25) is 0 Å². The van der Waals surface area contributed by atoms with Gasteiger partial charge < -0.3 is 10.2 Å². The van der Waals surface area contributed by atoms with Crippen LogP contribution in [0.5, 0.6) is 0 Å². The third-order valence-corrected chi connectivity index (χ3v) is 0.975. The van der Waals surface area contributed by atoms with Gasteiger partial charge in [0.15, 0.2) is 0 Å². The number of hydrogen-bond donors (Lipinski definition) is 2. The van der Waals surface area contributed by atoms with Gasteiger partial charge in [0.2, 0.25) is 0 Å². The zero-order valence-corrected chi connectivity index (χ0v) is 7.30. The van der Waals surface area contributed by atoms with Gasteiger partial charge in [0, 0.05) is 6.61 Å². The Balaban J connectivity index is 0. The fraction of sp³-hybridized carbons (Fsp3) is 1.00. The van der Waals surface area contributed by atoms with Crippen LogP contribution in [0.4, 0.5) is 0 Å². The molecule has 0 rings (SSSR count). The molecule has 0 fully saturated rings. The van der Waals surface area contributed by atoms with Crippen LogP contribution in [0, 0.1) is 0 Å². The lowest BCUT2D eigenvalue weighted by atomic mass is 10.2. The Labute approximate surface area is 63.9 Å². The first-order chi connectivity index (χ1) is 4.68. The average molecular weight is 148 g/mol. The molecule has 0 aromatic rings. The summed E-state index contributed by atoms with van der Waals surface area (Å²) in [5, 5.41) is 16.3. The van der Waals surface area contributed by atoms with Crippen molar-refractivity contribution in [3.05, 3.63) is 0 Å². The van der Waals surface area contributed by atoms with Crippen LogP contribution in [0.15, 0.2) is 0 Å². The molecule has 0 aliphatic carbocycles. The van der Waals surface area contributed by atoms with Crippen molar-refractivity contribution < 1.29 is 10.2 Å². The minimum Gasteiger partial charge on any atom is -0.397 e. The first kappa shape index (κ1) is 12.6. The molecule has 1 unspecified atom stereocenters. The quantitative estimate of drug-likeness (QED) is 0.637. The monoisotopic (exact) mass is 148 g/mol. The van der Waals surface area contributed by atoms with Crippen molar-refractivity contribution in [2.75, 3.05) is 6.61 Å². The lowest BCUT2D eigenvalue weighted by Gasteiger charge is -1.98. The summed E-state index contributed by atoms with van der Waals surface area (Å²) in [6.45, 7) is 5.89. The first-order valence-electron chi connectivity index (χ1n) is 3.97. The zero-order valence-electron chi connectivity index (χ0n) is 7.30. The molecule has 0 aliphatic rings. The molecule has 0 radical (unpaired) electrons. The highest BCUT2D eigenvalue weighted by Gasteiger charge is 1.90. The fourth-order valence-electron chi connectivity index (χ4n) is 0.500. The second kappa shape index (κ2) is 11.7. The number of rotatable bonds is 3. The van der Waals surface area contributed by atoms with Crippen LogP contribution in [0.1, 0.15) is 40.0 Å². The third-order valence-electron chi connectivity index (χ3n) is 0.975. The van der Waals surface area contributed by atoms with Crippen molar-refractivity contribution in [3.8, 4) is 0 Å². The molecule has 2 nitrogen and oxygen atoms in total. The lowest BCUT2D eigenvalue weighted by molar-refractivity contribution is 0.181. The molecular formula is C8H20O2. The van der Waals surface area contributed by atoms with Gasteiger partial charge in [-0.1, -0.05) is 19.8 Å². The van der Waals surface area contributed by atoms with E-state index in [9.17, 15) is 0 Å². The van der Waals surface area contributed by atoms with Gasteiger partial charge >= 0.3 is 0 Å². The molecule has 0 aliphatic heterocycles. The minimum absolute atomic E-state index is 0.0973. The Morgan fingerprint density at radius 3 is 1.80 bits per heavy atom. The summed E-state index contributed by atoms with van der Waals surface area (Å²) in [6.07, 6.45) is 3.19. The van der Waals surface area contributed by atoms with Crippen molar-refractivity contribution in [3.63, 3.8) is 0 Å². The van der Waals surface area contributed by atoms with Crippen LogP contribution in [0.25, 0.3) is 0 Å². The van der Waals surface area contributed by atoms with Crippen LogP contribution in [0.3, 0.4) is 0 Å². The van der Waals surface area contributed by atoms with E-state index in [4.69, 9.17) is 10.2 Å². The SMILES string of the molecule is CCCCC(C)O.CCO. The minimum atomic E-state index is -0.0973. The molecule has 0 saturated carbocycles.